The Labute approximate surface area is 216 Å². The fourth-order valence-electron chi connectivity index (χ4n) is 4.58. The molecule has 1 spiro atoms. The second kappa shape index (κ2) is 9.75. The van der Waals surface area contributed by atoms with Crippen LogP contribution in [0.3, 0.4) is 0 Å². The number of benzene rings is 1. The number of aromatic nitrogens is 2. The van der Waals surface area contributed by atoms with E-state index in [4.69, 9.17) is 16.3 Å². The number of carbonyl (C=O) groups excluding carboxylic acids is 1. The molecule has 5 rings (SSSR count). The predicted molar refractivity (Wildman–Crippen MR) is 135 cm³/mol. The van der Waals surface area contributed by atoms with Gasteiger partial charge in [-0.3, -0.25) is 9.59 Å². The van der Waals surface area contributed by atoms with Gasteiger partial charge in [0.2, 0.25) is 0 Å². The van der Waals surface area contributed by atoms with E-state index in [2.05, 4.69) is 19.9 Å². The molecule has 0 unspecified atom stereocenters. The molecule has 0 radical (unpaired) electrons. The number of aryl methyl sites for hydroxylation is 1. The quantitative estimate of drug-likeness (QED) is 0.473. The summed E-state index contributed by atoms with van der Waals surface area (Å²) in [5.74, 6) is 0.127. The lowest BCUT2D eigenvalue weighted by molar-refractivity contribution is -0.124. The molecule has 0 aliphatic carbocycles. The number of amides is 1. The highest BCUT2D eigenvalue weighted by molar-refractivity contribution is 6.20. The molecule has 0 saturated carbocycles. The van der Waals surface area contributed by atoms with Crippen LogP contribution in [0.4, 0.5) is 20.3 Å². The van der Waals surface area contributed by atoms with Gasteiger partial charge in [-0.15, -0.1) is 8.78 Å². The van der Waals surface area contributed by atoms with E-state index in [0.29, 0.717) is 22.6 Å². The number of hydrogen-bond donors (Lipinski definition) is 1. The fraction of sp³-hybridized carbons (Fsp3) is 0.346. The number of nitrogens with zero attached hydrogens (tertiary/aromatic N) is 3. The van der Waals surface area contributed by atoms with Gasteiger partial charge in [-0.05, 0) is 54.8 Å². The van der Waals surface area contributed by atoms with Crippen molar-refractivity contribution in [3.63, 3.8) is 0 Å². The maximum Gasteiger partial charge on any atom is 0.487 e. The number of rotatable bonds is 6. The van der Waals surface area contributed by atoms with Crippen LogP contribution < -0.4 is 20.5 Å². The normalized spacial score (nSPS) is 16.8. The highest BCUT2D eigenvalue weighted by atomic mass is 35.5. The summed E-state index contributed by atoms with van der Waals surface area (Å²) >= 11 is 4.79. The first-order valence-electron chi connectivity index (χ1n) is 11.8. The predicted octanol–water partition coefficient (Wildman–Crippen LogP) is 4.48. The van der Waals surface area contributed by atoms with Crippen LogP contribution in [-0.4, -0.2) is 47.3 Å². The third kappa shape index (κ3) is 5.60. The first-order valence-corrected chi connectivity index (χ1v) is 12.2. The molecule has 37 heavy (non-hydrogen) atoms. The molecular formula is C26H25ClF2N4O4. The fourth-order valence-corrected chi connectivity index (χ4v) is 4.67. The molecule has 2 aromatic heterocycles. The summed E-state index contributed by atoms with van der Waals surface area (Å²) < 4.78 is 36.9. The number of carbonyl (C=O) groups is 1. The Morgan fingerprint density at radius 3 is 2.46 bits per heavy atom. The zero-order valence-corrected chi connectivity index (χ0v) is 20.8. The number of anilines is 2. The van der Waals surface area contributed by atoms with Crippen LogP contribution in [0.25, 0.3) is 11.1 Å². The maximum atomic E-state index is 13.0. The molecule has 2 aliphatic rings. The highest BCUT2D eigenvalue weighted by Crippen LogP contribution is 2.41. The molecule has 0 bridgehead atoms. The van der Waals surface area contributed by atoms with Gasteiger partial charge in [0.1, 0.15) is 11.6 Å². The molecule has 3 aromatic rings. The van der Waals surface area contributed by atoms with Gasteiger partial charge in [0.15, 0.2) is 0 Å². The van der Waals surface area contributed by atoms with Gasteiger partial charge < -0.3 is 24.3 Å². The molecule has 11 heteroatoms. The number of ether oxygens (including phenoxy) is 2. The molecule has 2 fully saturated rings. The Hall–Kier alpha value is -3.50. The van der Waals surface area contributed by atoms with Gasteiger partial charge in [-0.25, -0.2) is 4.98 Å². The molecule has 0 atom stereocenters. The molecule has 1 aromatic carbocycles. The van der Waals surface area contributed by atoms with Crippen LogP contribution in [0.5, 0.6) is 5.75 Å². The summed E-state index contributed by atoms with van der Waals surface area (Å²) in [5.41, 5.74) is -1.75. The Morgan fingerprint density at radius 1 is 1.16 bits per heavy atom. The second-order valence-electron chi connectivity index (χ2n) is 9.47. The van der Waals surface area contributed by atoms with Gasteiger partial charge in [0, 0.05) is 66.9 Å². The summed E-state index contributed by atoms with van der Waals surface area (Å²) in [6.45, 7) is 3.18. The van der Waals surface area contributed by atoms with Crippen molar-refractivity contribution in [3.8, 4) is 16.9 Å². The summed E-state index contributed by atoms with van der Waals surface area (Å²) in [6.07, 6.45) is 5.15. The van der Waals surface area contributed by atoms with Crippen LogP contribution in [0.1, 0.15) is 23.2 Å². The molecule has 4 heterocycles. The number of hydrogen-bond acceptors (Lipinski definition) is 6. The van der Waals surface area contributed by atoms with Crippen molar-refractivity contribution in [3.05, 3.63) is 70.8 Å². The van der Waals surface area contributed by atoms with Crippen molar-refractivity contribution in [2.45, 2.75) is 18.4 Å². The number of halogens is 3. The first-order chi connectivity index (χ1) is 17.6. The smallest absolute Gasteiger partial charge is 0.420 e. The largest absolute Gasteiger partial charge is 0.487 e. The van der Waals surface area contributed by atoms with E-state index in [9.17, 15) is 18.4 Å². The Morgan fingerprint density at radius 2 is 1.86 bits per heavy atom. The van der Waals surface area contributed by atoms with Crippen molar-refractivity contribution < 1.29 is 23.0 Å². The Kier molecular flexibility index (Phi) is 6.63. The minimum absolute atomic E-state index is 0.145. The van der Waals surface area contributed by atoms with Gasteiger partial charge in [0.05, 0.1) is 18.8 Å². The van der Waals surface area contributed by atoms with Crippen molar-refractivity contribution in [1.82, 2.24) is 9.55 Å². The lowest BCUT2D eigenvalue weighted by atomic mass is 9.77. The summed E-state index contributed by atoms with van der Waals surface area (Å²) in [6, 6.07) is 10.5. The lowest BCUT2D eigenvalue weighted by Crippen LogP contribution is -2.51. The summed E-state index contributed by atoms with van der Waals surface area (Å²) in [4.78, 5) is 32.2. The molecular weight excluding hydrogens is 506 g/mol. The van der Waals surface area contributed by atoms with Crippen LogP contribution in [0.15, 0.2) is 59.7 Å². The molecule has 1 amide bonds. The number of piperidine rings is 1. The van der Waals surface area contributed by atoms with Crippen LogP contribution >= 0.6 is 11.6 Å². The van der Waals surface area contributed by atoms with Crippen molar-refractivity contribution in [2.75, 3.05) is 36.5 Å². The molecule has 1 N–H and O–H groups in total. The van der Waals surface area contributed by atoms with E-state index in [1.807, 2.05) is 6.07 Å². The third-order valence-corrected chi connectivity index (χ3v) is 6.91. The summed E-state index contributed by atoms with van der Waals surface area (Å²) in [7, 11) is 1.67. The number of alkyl halides is 3. The van der Waals surface area contributed by atoms with E-state index in [1.54, 1.807) is 19.3 Å². The number of nitrogens with one attached hydrogen (secondary N) is 1. The van der Waals surface area contributed by atoms with Gasteiger partial charge in [-0.1, -0.05) is 0 Å². The average molecular weight is 531 g/mol. The topological polar surface area (TPSA) is 85.7 Å². The minimum atomic E-state index is -3.83. The van der Waals surface area contributed by atoms with E-state index < -0.39 is 11.5 Å². The number of pyridine rings is 2. The standard InChI is InChI=1S/C26H25ClF2N4O4/c1-32-9-6-17(13-22(32)34)21-12-18(14-30-23(21)33-10-7-25(8-11-33)15-36-16-25)24(35)31-19-2-4-20(5-3-19)37-26(27,28)29/h2-6,9,12-14H,7-8,10-11,15-16H2,1H3,(H,31,35). The van der Waals surface area contributed by atoms with Gasteiger partial charge in [0.25, 0.3) is 11.5 Å². The minimum Gasteiger partial charge on any atom is -0.420 e. The molecule has 2 saturated heterocycles. The molecule has 2 aliphatic heterocycles. The lowest BCUT2D eigenvalue weighted by Gasteiger charge is -2.47. The second-order valence-corrected chi connectivity index (χ2v) is 9.91. The summed E-state index contributed by atoms with van der Waals surface area (Å²) in [5, 5.41) is 2.72. The van der Waals surface area contributed by atoms with Crippen molar-refractivity contribution in [1.29, 1.82) is 0 Å². The van der Waals surface area contributed by atoms with E-state index >= 15 is 0 Å². The Balaban J connectivity index is 1.41. The zero-order valence-electron chi connectivity index (χ0n) is 20.0. The molecule has 8 nitrogen and oxygen atoms in total. The highest BCUT2D eigenvalue weighted by Gasteiger charge is 2.41. The maximum absolute atomic E-state index is 13.0. The monoisotopic (exact) mass is 530 g/mol. The van der Waals surface area contributed by atoms with Crippen molar-refractivity contribution >= 4 is 29.0 Å². The van der Waals surface area contributed by atoms with E-state index in [-0.39, 0.29) is 22.3 Å². The van der Waals surface area contributed by atoms with Crippen LogP contribution in [-0.2, 0) is 11.8 Å². The van der Waals surface area contributed by atoms with E-state index in [0.717, 1.165) is 39.1 Å². The van der Waals surface area contributed by atoms with Gasteiger partial charge >= 0.3 is 5.57 Å². The first kappa shape index (κ1) is 25.2. The average Bonchev–Trinajstić information content (AvgIpc) is 2.85. The zero-order chi connectivity index (χ0) is 26.2. The van der Waals surface area contributed by atoms with Gasteiger partial charge in [-0.2, -0.15) is 0 Å². The Bertz CT molecular complexity index is 1360. The molecule has 194 valence electrons. The van der Waals surface area contributed by atoms with E-state index in [1.165, 1.54) is 41.1 Å². The van der Waals surface area contributed by atoms with Crippen LogP contribution in [0.2, 0.25) is 0 Å². The van der Waals surface area contributed by atoms with Crippen LogP contribution in [0, 0.1) is 5.41 Å². The third-order valence-electron chi connectivity index (χ3n) is 6.83. The SMILES string of the molecule is Cn1ccc(-c2cc(C(=O)Nc3ccc(OC(F)(F)Cl)cc3)cnc2N2CCC3(CC2)COC3)cc1=O. The van der Waals surface area contributed by atoms with Crippen molar-refractivity contribution in [2.24, 2.45) is 12.5 Å².